The number of nitrogens with one attached hydrogen (secondary N) is 2. The number of Topliss-reactive ketones (excluding diaryl/α,β-unsaturated/α-hetero) is 1. The standard InChI is InChI=1S/C25H24N2O6/c1-31-17-6-4-14(5-7-17)15-8-22-20(23(28)9-15)13-21(25(30)27-22)24(29)26-16-10-18(32-2)12-19(11-16)33-3/h4-7,10-13,15H,8-9H2,1-3H3,(H,26,29)(H,27,30). The number of pyridine rings is 1. The monoisotopic (exact) mass is 448 g/mol. The molecule has 0 bridgehead atoms. The zero-order valence-electron chi connectivity index (χ0n) is 18.6. The van der Waals surface area contributed by atoms with Gasteiger partial charge in [-0.3, -0.25) is 14.4 Å². The molecule has 1 unspecified atom stereocenters. The maximum absolute atomic E-state index is 12.9. The zero-order valence-corrected chi connectivity index (χ0v) is 18.6. The molecule has 0 fully saturated rings. The molecule has 2 aromatic carbocycles. The third-order valence-electron chi connectivity index (χ3n) is 5.75. The van der Waals surface area contributed by atoms with Crippen LogP contribution in [0.1, 0.15) is 44.3 Å². The molecule has 0 radical (unpaired) electrons. The Hall–Kier alpha value is -4.07. The number of ether oxygens (including phenoxy) is 3. The second kappa shape index (κ2) is 9.20. The van der Waals surface area contributed by atoms with E-state index in [0.717, 1.165) is 11.3 Å². The number of carbonyl (C=O) groups excluding carboxylic acids is 2. The third kappa shape index (κ3) is 4.59. The van der Waals surface area contributed by atoms with Gasteiger partial charge in [-0.25, -0.2) is 0 Å². The first-order valence-corrected chi connectivity index (χ1v) is 10.4. The molecule has 1 aliphatic rings. The summed E-state index contributed by atoms with van der Waals surface area (Å²) in [5.74, 6) is 0.909. The molecular weight excluding hydrogens is 424 g/mol. The molecular formula is C25H24N2O6. The van der Waals surface area contributed by atoms with Gasteiger partial charge in [0.1, 0.15) is 22.8 Å². The molecule has 3 aromatic rings. The van der Waals surface area contributed by atoms with E-state index in [1.54, 1.807) is 25.3 Å². The largest absolute Gasteiger partial charge is 0.497 e. The highest BCUT2D eigenvalue weighted by Crippen LogP contribution is 2.32. The van der Waals surface area contributed by atoms with Crippen molar-refractivity contribution in [2.75, 3.05) is 26.6 Å². The Morgan fingerprint density at radius 1 is 0.879 bits per heavy atom. The molecule has 33 heavy (non-hydrogen) atoms. The van der Waals surface area contributed by atoms with Gasteiger partial charge in [-0.2, -0.15) is 0 Å². The summed E-state index contributed by atoms with van der Waals surface area (Å²) >= 11 is 0. The number of aromatic nitrogens is 1. The Bertz CT molecular complexity index is 1240. The van der Waals surface area contributed by atoms with Crippen molar-refractivity contribution in [1.82, 2.24) is 4.98 Å². The molecule has 8 heteroatoms. The first-order valence-electron chi connectivity index (χ1n) is 10.4. The van der Waals surface area contributed by atoms with Crippen LogP contribution >= 0.6 is 0 Å². The smallest absolute Gasteiger partial charge is 0.261 e. The quantitative estimate of drug-likeness (QED) is 0.597. The lowest BCUT2D eigenvalue weighted by Gasteiger charge is -2.24. The van der Waals surface area contributed by atoms with Crippen LogP contribution in [-0.4, -0.2) is 38.0 Å². The minimum absolute atomic E-state index is 0.0597. The number of hydrogen-bond acceptors (Lipinski definition) is 6. The van der Waals surface area contributed by atoms with Gasteiger partial charge in [-0.05, 0) is 36.1 Å². The summed E-state index contributed by atoms with van der Waals surface area (Å²) in [7, 11) is 4.59. The number of methoxy groups -OCH3 is 3. The van der Waals surface area contributed by atoms with Gasteiger partial charge >= 0.3 is 0 Å². The van der Waals surface area contributed by atoms with E-state index in [-0.39, 0.29) is 17.3 Å². The number of amides is 1. The van der Waals surface area contributed by atoms with Crippen LogP contribution in [-0.2, 0) is 6.42 Å². The number of aromatic amines is 1. The lowest BCUT2D eigenvalue weighted by atomic mass is 9.81. The van der Waals surface area contributed by atoms with Gasteiger partial charge in [0.25, 0.3) is 11.5 Å². The van der Waals surface area contributed by atoms with Crippen molar-refractivity contribution >= 4 is 17.4 Å². The van der Waals surface area contributed by atoms with Crippen LogP contribution in [0.15, 0.2) is 53.3 Å². The van der Waals surface area contributed by atoms with Crippen molar-refractivity contribution in [3.8, 4) is 17.2 Å². The van der Waals surface area contributed by atoms with Crippen molar-refractivity contribution in [1.29, 1.82) is 0 Å². The van der Waals surface area contributed by atoms with Crippen LogP contribution < -0.4 is 25.1 Å². The number of fused-ring (bicyclic) bond motifs is 1. The lowest BCUT2D eigenvalue weighted by Crippen LogP contribution is -2.29. The predicted octanol–water partition coefficient (Wildman–Crippen LogP) is 3.57. The summed E-state index contributed by atoms with van der Waals surface area (Å²) in [6, 6.07) is 13.8. The van der Waals surface area contributed by atoms with E-state index in [1.165, 1.54) is 20.3 Å². The fraction of sp³-hybridized carbons (Fsp3) is 0.240. The van der Waals surface area contributed by atoms with Crippen molar-refractivity contribution in [2.45, 2.75) is 18.8 Å². The van der Waals surface area contributed by atoms with Crippen LogP contribution in [0.4, 0.5) is 5.69 Å². The highest BCUT2D eigenvalue weighted by Gasteiger charge is 2.29. The molecule has 2 N–H and O–H groups in total. The summed E-state index contributed by atoms with van der Waals surface area (Å²) in [6.07, 6.45) is 0.789. The number of ketones is 1. The predicted molar refractivity (Wildman–Crippen MR) is 123 cm³/mol. The van der Waals surface area contributed by atoms with Crippen LogP contribution in [0.3, 0.4) is 0 Å². The van der Waals surface area contributed by atoms with Crippen molar-refractivity contribution in [3.63, 3.8) is 0 Å². The van der Waals surface area contributed by atoms with Gasteiger partial charge < -0.3 is 24.5 Å². The number of carbonyl (C=O) groups is 2. The number of benzene rings is 2. The molecule has 0 saturated heterocycles. The van der Waals surface area contributed by atoms with Crippen LogP contribution in [0, 0.1) is 0 Å². The molecule has 1 heterocycles. The molecule has 170 valence electrons. The Labute approximate surface area is 190 Å². The first kappa shape index (κ1) is 22.1. The molecule has 0 spiro atoms. The van der Waals surface area contributed by atoms with Gasteiger partial charge in [-0.1, -0.05) is 12.1 Å². The SMILES string of the molecule is COc1ccc(C2CC(=O)c3cc(C(=O)Nc4cc(OC)cc(OC)c4)c(=O)[nH]c3C2)cc1. The van der Waals surface area contributed by atoms with Gasteiger partial charge in [0.15, 0.2) is 5.78 Å². The molecule has 0 aliphatic heterocycles. The molecule has 8 nitrogen and oxygen atoms in total. The summed E-state index contributed by atoms with van der Waals surface area (Å²) < 4.78 is 15.6. The van der Waals surface area contributed by atoms with Crippen molar-refractivity contribution < 1.29 is 23.8 Å². The van der Waals surface area contributed by atoms with E-state index >= 15 is 0 Å². The fourth-order valence-corrected chi connectivity index (χ4v) is 3.99. The summed E-state index contributed by atoms with van der Waals surface area (Å²) in [5.41, 5.74) is 1.61. The molecule has 1 amide bonds. The average Bonchev–Trinajstić information content (AvgIpc) is 2.83. The summed E-state index contributed by atoms with van der Waals surface area (Å²) in [6.45, 7) is 0. The van der Waals surface area contributed by atoms with E-state index in [4.69, 9.17) is 14.2 Å². The molecule has 1 aliphatic carbocycles. The molecule has 4 rings (SSSR count). The van der Waals surface area contributed by atoms with Crippen LogP contribution in [0.25, 0.3) is 0 Å². The average molecular weight is 448 g/mol. The van der Waals surface area contributed by atoms with Crippen LogP contribution in [0.5, 0.6) is 17.2 Å². The highest BCUT2D eigenvalue weighted by atomic mass is 16.5. The van der Waals surface area contributed by atoms with Crippen molar-refractivity contribution in [2.24, 2.45) is 0 Å². The van der Waals surface area contributed by atoms with Gasteiger partial charge in [-0.15, -0.1) is 0 Å². The summed E-state index contributed by atoms with van der Waals surface area (Å²) in [5, 5.41) is 2.67. The van der Waals surface area contributed by atoms with E-state index in [2.05, 4.69) is 10.3 Å². The number of anilines is 1. The number of rotatable bonds is 6. The zero-order chi connectivity index (χ0) is 23.5. The fourth-order valence-electron chi connectivity index (χ4n) is 3.99. The maximum Gasteiger partial charge on any atom is 0.261 e. The number of hydrogen-bond donors (Lipinski definition) is 2. The van der Waals surface area contributed by atoms with Gasteiger partial charge in [0.2, 0.25) is 0 Å². The normalized spacial score (nSPS) is 14.9. The van der Waals surface area contributed by atoms with E-state index in [1.807, 2.05) is 24.3 Å². The molecule has 1 aromatic heterocycles. The van der Waals surface area contributed by atoms with E-state index in [0.29, 0.717) is 41.3 Å². The van der Waals surface area contributed by atoms with E-state index in [9.17, 15) is 14.4 Å². The van der Waals surface area contributed by atoms with Gasteiger partial charge in [0.05, 0.1) is 21.3 Å². The Kier molecular flexibility index (Phi) is 6.17. The number of H-pyrrole nitrogens is 1. The summed E-state index contributed by atoms with van der Waals surface area (Å²) in [4.78, 5) is 41.2. The van der Waals surface area contributed by atoms with E-state index < -0.39 is 11.5 Å². The van der Waals surface area contributed by atoms with Crippen LogP contribution in [0.2, 0.25) is 0 Å². The Morgan fingerprint density at radius 2 is 1.52 bits per heavy atom. The second-order valence-corrected chi connectivity index (χ2v) is 7.76. The highest BCUT2D eigenvalue weighted by molar-refractivity contribution is 6.07. The van der Waals surface area contributed by atoms with Gasteiger partial charge in [0, 0.05) is 41.6 Å². The molecule has 1 atom stereocenters. The Balaban J connectivity index is 1.59. The molecule has 0 saturated carbocycles. The third-order valence-corrected chi connectivity index (χ3v) is 5.75. The first-order chi connectivity index (χ1) is 15.9. The minimum atomic E-state index is -0.626. The Morgan fingerprint density at radius 3 is 2.12 bits per heavy atom. The minimum Gasteiger partial charge on any atom is -0.497 e. The second-order valence-electron chi connectivity index (χ2n) is 7.76. The van der Waals surface area contributed by atoms with Crippen molar-refractivity contribution in [3.05, 3.63) is 81.3 Å². The topological polar surface area (TPSA) is 107 Å². The maximum atomic E-state index is 12.9. The lowest BCUT2D eigenvalue weighted by molar-refractivity contribution is 0.0963.